The largest absolute Gasteiger partial charge is 0.394 e. The van der Waals surface area contributed by atoms with Crippen molar-refractivity contribution in [3.05, 3.63) is 31.8 Å². The highest BCUT2D eigenvalue weighted by atomic mass is 127. The molecule has 6 heteroatoms. The second kappa shape index (κ2) is 6.51. The number of carbonyl (C=O) groups is 1. The normalized spacial score (nSPS) is 23.5. The lowest BCUT2D eigenvalue weighted by Gasteiger charge is -2.37. The van der Waals surface area contributed by atoms with Gasteiger partial charge in [-0.3, -0.25) is 4.79 Å². The van der Waals surface area contributed by atoms with Gasteiger partial charge in [0.05, 0.1) is 30.9 Å². The Morgan fingerprint density at radius 1 is 1.63 bits per heavy atom. The molecule has 104 valence electrons. The highest BCUT2D eigenvalue weighted by Gasteiger charge is 2.30. The standard InChI is InChI=1S/C13H15BrINO3/c1-8-7-19-10(6-17)5-16(8)13(18)11-4-9(14)2-3-12(11)15/h2-4,8,10,17H,5-7H2,1H3. The van der Waals surface area contributed by atoms with Gasteiger partial charge in [-0.1, -0.05) is 15.9 Å². The highest BCUT2D eigenvalue weighted by molar-refractivity contribution is 14.1. The van der Waals surface area contributed by atoms with Crippen molar-refractivity contribution < 1.29 is 14.6 Å². The molecule has 1 aliphatic heterocycles. The van der Waals surface area contributed by atoms with Crippen LogP contribution in [-0.4, -0.2) is 47.8 Å². The molecule has 0 spiro atoms. The van der Waals surface area contributed by atoms with E-state index in [9.17, 15) is 9.90 Å². The van der Waals surface area contributed by atoms with E-state index in [0.717, 1.165) is 8.04 Å². The number of morpholine rings is 1. The van der Waals surface area contributed by atoms with Crippen molar-refractivity contribution in [2.24, 2.45) is 0 Å². The maximum Gasteiger partial charge on any atom is 0.255 e. The molecule has 1 aliphatic rings. The summed E-state index contributed by atoms with van der Waals surface area (Å²) in [6.07, 6.45) is -0.287. The molecule has 0 aliphatic carbocycles. The van der Waals surface area contributed by atoms with E-state index in [2.05, 4.69) is 38.5 Å². The first kappa shape index (κ1) is 15.2. The van der Waals surface area contributed by atoms with Crippen LogP contribution in [0.1, 0.15) is 17.3 Å². The summed E-state index contributed by atoms with van der Waals surface area (Å²) in [4.78, 5) is 14.4. The van der Waals surface area contributed by atoms with E-state index < -0.39 is 0 Å². The van der Waals surface area contributed by atoms with Gasteiger partial charge < -0.3 is 14.7 Å². The van der Waals surface area contributed by atoms with Crippen LogP contribution in [0.25, 0.3) is 0 Å². The Morgan fingerprint density at radius 2 is 2.37 bits per heavy atom. The van der Waals surface area contributed by atoms with Gasteiger partial charge in [0.1, 0.15) is 0 Å². The summed E-state index contributed by atoms with van der Waals surface area (Å²) < 4.78 is 7.26. The van der Waals surface area contributed by atoms with Crippen LogP contribution < -0.4 is 0 Å². The zero-order valence-corrected chi connectivity index (χ0v) is 14.2. The fraction of sp³-hybridized carbons (Fsp3) is 0.462. The van der Waals surface area contributed by atoms with E-state index in [1.165, 1.54) is 0 Å². The van der Waals surface area contributed by atoms with Crippen molar-refractivity contribution in [1.82, 2.24) is 4.90 Å². The van der Waals surface area contributed by atoms with Crippen molar-refractivity contribution in [1.29, 1.82) is 0 Å². The number of halogens is 2. The molecule has 1 amide bonds. The lowest BCUT2D eigenvalue weighted by molar-refractivity contribution is -0.0667. The predicted molar refractivity (Wildman–Crippen MR) is 84.2 cm³/mol. The molecule has 1 aromatic carbocycles. The Kier molecular flexibility index (Phi) is 5.22. The third-order valence-corrected chi connectivity index (χ3v) is 4.56. The van der Waals surface area contributed by atoms with E-state index in [1.54, 1.807) is 4.90 Å². The highest BCUT2D eigenvalue weighted by Crippen LogP contribution is 2.22. The summed E-state index contributed by atoms with van der Waals surface area (Å²) in [6, 6.07) is 5.68. The van der Waals surface area contributed by atoms with Crippen molar-refractivity contribution in [3.8, 4) is 0 Å². The summed E-state index contributed by atoms with van der Waals surface area (Å²) in [5.41, 5.74) is 0.681. The zero-order valence-electron chi connectivity index (χ0n) is 10.5. The first-order chi connectivity index (χ1) is 9.02. The Hall–Kier alpha value is -0.180. The van der Waals surface area contributed by atoms with Gasteiger partial charge in [-0.2, -0.15) is 0 Å². The van der Waals surface area contributed by atoms with Gasteiger partial charge in [0.15, 0.2) is 0 Å². The molecule has 2 rings (SSSR count). The van der Waals surface area contributed by atoms with Gasteiger partial charge in [0, 0.05) is 14.6 Å². The monoisotopic (exact) mass is 439 g/mol. The summed E-state index contributed by atoms with van der Waals surface area (Å²) in [5, 5.41) is 9.17. The first-order valence-electron chi connectivity index (χ1n) is 6.01. The molecule has 0 aromatic heterocycles. The van der Waals surface area contributed by atoms with Crippen molar-refractivity contribution in [3.63, 3.8) is 0 Å². The van der Waals surface area contributed by atoms with Gasteiger partial charge in [-0.05, 0) is 47.7 Å². The molecule has 1 saturated heterocycles. The number of hydrogen-bond acceptors (Lipinski definition) is 3. The molecule has 1 N–H and O–H groups in total. The van der Waals surface area contributed by atoms with E-state index in [-0.39, 0.29) is 24.7 Å². The molecule has 0 saturated carbocycles. The average molecular weight is 440 g/mol. The predicted octanol–water partition coefficient (Wildman–Crippen LogP) is 2.28. The van der Waals surface area contributed by atoms with Crippen LogP contribution >= 0.6 is 38.5 Å². The third-order valence-electron chi connectivity index (χ3n) is 3.13. The number of ether oxygens (including phenoxy) is 1. The Balaban J connectivity index is 2.24. The number of hydrogen-bond donors (Lipinski definition) is 1. The van der Waals surface area contributed by atoms with E-state index >= 15 is 0 Å². The van der Waals surface area contributed by atoms with E-state index in [0.29, 0.717) is 18.7 Å². The third kappa shape index (κ3) is 3.48. The van der Waals surface area contributed by atoms with E-state index in [4.69, 9.17) is 4.74 Å². The second-order valence-corrected chi connectivity index (χ2v) is 6.65. The lowest BCUT2D eigenvalue weighted by atomic mass is 10.1. The maximum absolute atomic E-state index is 12.6. The van der Waals surface area contributed by atoms with Crippen molar-refractivity contribution in [2.75, 3.05) is 19.8 Å². The molecule has 2 unspecified atom stereocenters. The Labute approximate surface area is 134 Å². The number of aliphatic hydroxyl groups excluding tert-OH is 1. The van der Waals surface area contributed by atoms with Gasteiger partial charge in [0.25, 0.3) is 5.91 Å². The molecular formula is C13H15BrINO3. The number of amides is 1. The summed E-state index contributed by atoms with van der Waals surface area (Å²) in [6.45, 7) is 2.78. The molecule has 4 nitrogen and oxygen atoms in total. The average Bonchev–Trinajstić information content (AvgIpc) is 2.41. The number of aliphatic hydroxyl groups is 1. The van der Waals surface area contributed by atoms with Crippen LogP contribution in [0.4, 0.5) is 0 Å². The van der Waals surface area contributed by atoms with E-state index in [1.807, 2.05) is 25.1 Å². The molecule has 2 atom stereocenters. The van der Waals surface area contributed by atoms with Crippen molar-refractivity contribution in [2.45, 2.75) is 19.1 Å². The minimum absolute atomic E-state index is 0.0139. The van der Waals surface area contributed by atoms with Gasteiger partial charge in [-0.25, -0.2) is 0 Å². The second-order valence-electron chi connectivity index (χ2n) is 4.57. The number of nitrogens with zero attached hydrogens (tertiary/aromatic N) is 1. The lowest BCUT2D eigenvalue weighted by Crippen LogP contribution is -2.52. The van der Waals surface area contributed by atoms with Gasteiger partial charge >= 0.3 is 0 Å². The molecule has 0 radical (unpaired) electrons. The molecule has 0 bridgehead atoms. The SMILES string of the molecule is CC1COC(CO)CN1C(=O)c1cc(Br)ccc1I. The topological polar surface area (TPSA) is 49.8 Å². The van der Waals surface area contributed by atoms with Crippen LogP contribution in [-0.2, 0) is 4.74 Å². The Bertz CT molecular complexity index is 483. The molecule has 1 heterocycles. The van der Waals surface area contributed by atoms with Crippen molar-refractivity contribution >= 4 is 44.4 Å². The summed E-state index contributed by atoms with van der Waals surface area (Å²) >= 11 is 5.55. The van der Waals surface area contributed by atoms with Crippen LogP contribution in [0.5, 0.6) is 0 Å². The number of carbonyl (C=O) groups excluding carboxylic acids is 1. The molecule has 1 fully saturated rings. The maximum atomic E-state index is 12.6. The number of benzene rings is 1. The van der Waals surface area contributed by atoms with Gasteiger partial charge in [-0.15, -0.1) is 0 Å². The van der Waals surface area contributed by atoms with Crippen LogP contribution in [0.2, 0.25) is 0 Å². The molecule has 19 heavy (non-hydrogen) atoms. The fourth-order valence-corrected chi connectivity index (χ4v) is 2.95. The Morgan fingerprint density at radius 3 is 3.05 bits per heavy atom. The minimum Gasteiger partial charge on any atom is -0.394 e. The smallest absolute Gasteiger partial charge is 0.255 e. The first-order valence-corrected chi connectivity index (χ1v) is 7.88. The molecule has 1 aromatic rings. The minimum atomic E-state index is -0.287. The zero-order chi connectivity index (χ0) is 14.0. The molecular weight excluding hydrogens is 425 g/mol. The van der Waals surface area contributed by atoms with Crippen LogP contribution in [0.3, 0.4) is 0 Å². The van der Waals surface area contributed by atoms with Gasteiger partial charge in [0.2, 0.25) is 0 Å². The summed E-state index contributed by atoms with van der Waals surface area (Å²) in [7, 11) is 0. The fourth-order valence-electron chi connectivity index (χ4n) is 2.03. The quantitative estimate of drug-likeness (QED) is 0.719. The summed E-state index contributed by atoms with van der Waals surface area (Å²) in [5.74, 6) is -0.0139. The van der Waals surface area contributed by atoms with Crippen LogP contribution in [0.15, 0.2) is 22.7 Å². The number of rotatable bonds is 2. The van der Waals surface area contributed by atoms with Crippen LogP contribution in [0, 0.1) is 3.57 Å².